The topological polar surface area (TPSA) is 122 Å². The second kappa shape index (κ2) is 17.5. The summed E-state index contributed by atoms with van der Waals surface area (Å²) < 4.78 is 24.2. The zero-order chi connectivity index (χ0) is 38.8. The van der Waals surface area contributed by atoms with E-state index in [1.807, 2.05) is 55.5 Å². The molecule has 3 fully saturated rings. The third-order valence-electron chi connectivity index (χ3n) is 11.4. The number of nitrogens with one attached hydrogen (secondary N) is 1. The van der Waals surface area contributed by atoms with Crippen molar-refractivity contribution >= 4 is 46.5 Å². The Bertz CT molecular complexity index is 2250. The first-order valence-corrected chi connectivity index (χ1v) is 19.9. The van der Waals surface area contributed by atoms with Gasteiger partial charge in [0.2, 0.25) is 0 Å². The highest BCUT2D eigenvalue weighted by Gasteiger charge is 2.31. The Morgan fingerprint density at radius 1 is 0.912 bits per heavy atom. The number of aryl methyl sites for hydroxylation is 2. The molecule has 11 nitrogen and oxygen atoms in total. The molecule has 3 aromatic heterocycles. The van der Waals surface area contributed by atoms with Crippen molar-refractivity contribution in [3.05, 3.63) is 123 Å². The van der Waals surface area contributed by atoms with Gasteiger partial charge in [0, 0.05) is 91.8 Å². The molecule has 5 aromatic rings. The highest BCUT2D eigenvalue weighted by molar-refractivity contribution is 5.85. The number of ether oxygens (including phenoxy) is 1. The van der Waals surface area contributed by atoms with Crippen molar-refractivity contribution in [2.75, 3.05) is 41.7 Å². The van der Waals surface area contributed by atoms with Crippen molar-refractivity contribution in [3.63, 3.8) is 0 Å². The lowest BCUT2D eigenvalue weighted by atomic mass is 10.0. The van der Waals surface area contributed by atoms with Crippen molar-refractivity contribution in [1.82, 2.24) is 24.8 Å². The summed E-state index contributed by atoms with van der Waals surface area (Å²) in [7, 11) is 0. The fourth-order valence-corrected chi connectivity index (χ4v) is 8.29. The van der Waals surface area contributed by atoms with Gasteiger partial charge in [-0.05, 0) is 112 Å². The Morgan fingerprint density at radius 2 is 1.70 bits per heavy atom. The molecule has 2 aliphatic heterocycles. The lowest BCUT2D eigenvalue weighted by Crippen LogP contribution is -2.48. The van der Waals surface area contributed by atoms with E-state index in [2.05, 4.69) is 53.9 Å². The van der Waals surface area contributed by atoms with Crippen LogP contribution in [0, 0.1) is 19.7 Å². The molecule has 2 atom stereocenters. The molecule has 0 bridgehead atoms. The zero-order valence-corrected chi connectivity index (χ0v) is 33.5. The van der Waals surface area contributed by atoms with Crippen LogP contribution in [0.15, 0.2) is 84.0 Å². The number of nitrogens with zero attached hydrogens (tertiary/aromatic N) is 6. The summed E-state index contributed by atoms with van der Waals surface area (Å²) in [6, 6.07) is 19.4. The number of pyridine rings is 3. The molecule has 5 heterocycles. The molecule has 3 N–H and O–H groups in total. The van der Waals surface area contributed by atoms with E-state index in [-0.39, 0.29) is 29.9 Å². The standard InChI is InChI=1S/C44H51FN8O3.ClH/c1-29-7-12-36(23-48-29)50-17-3-5-37(27-50)52(24-32-15-16-47-30(2)19-32)25-33-26-53(35-13-14-35)41-21-42(40(45)20-39(41)43(33)54)51-18-4-6-38(28-51)56-44(55)49-22-31-8-10-34(46)11-9-31;/h7-12,15-16,19-21,23,26,35,37-38H,3-6,13-14,17-18,22,24-25,27-28,46H2,1-2H3,(H,49,55);1H/t37-,38?;/m0./s1. The summed E-state index contributed by atoms with van der Waals surface area (Å²) in [5.41, 5.74) is 13.3. The minimum Gasteiger partial charge on any atom is -0.444 e. The lowest BCUT2D eigenvalue weighted by molar-refractivity contribution is 0.0879. The smallest absolute Gasteiger partial charge is 0.407 e. The van der Waals surface area contributed by atoms with E-state index in [0.717, 1.165) is 78.9 Å². The minimum atomic E-state index is -0.510. The molecular weight excluding hydrogens is 743 g/mol. The number of rotatable bonds is 11. The molecule has 8 rings (SSSR count). The van der Waals surface area contributed by atoms with Crippen LogP contribution in [-0.4, -0.2) is 63.9 Å². The van der Waals surface area contributed by atoms with Gasteiger partial charge in [-0.1, -0.05) is 12.1 Å². The Labute approximate surface area is 339 Å². The molecule has 13 heteroatoms. The highest BCUT2D eigenvalue weighted by Crippen LogP contribution is 2.39. The van der Waals surface area contributed by atoms with E-state index in [9.17, 15) is 9.59 Å². The molecule has 3 aliphatic rings. The first-order valence-electron chi connectivity index (χ1n) is 19.9. The number of halogens is 2. The normalized spacial score (nSPS) is 18.4. The van der Waals surface area contributed by atoms with E-state index in [1.54, 1.807) is 12.1 Å². The molecule has 2 saturated heterocycles. The number of hydrogen-bond acceptors (Lipinski definition) is 9. The van der Waals surface area contributed by atoms with Gasteiger partial charge in [-0.2, -0.15) is 0 Å². The number of alkyl carbamates (subject to hydrolysis) is 1. The van der Waals surface area contributed by atoms with Gasteiger partial charge in [0.1, 0.15) is 11.9 Å². The van der Waals surface area contributed by atoms with Gasteiger partial charge < -0.3 is 30.2 Å². The molecular formula is C44H52ClFN8O3. The predicted molar refractivity (Wildman–Crippen MR) is 226 cm³/mol. The van der Waals surface area contributed by atoms with Gasteiger partial charge in [0.25, 0.3) is 0 Å². The van der Waals surface area contributed by atoms with Crippen LogP contribution in [0.25, 0.3) is 10.9 Å². The molecule has 1 saturated carbocycles. The Morgan fingerprint density at radius 3 is 2.46 bits per heavy atom. The summed E-state index contributed by atoms with van der Waals surface area (Å²) in [5.74, 6) is -0.443. The van der Waals surface area contributed by atoms with Crippen LogP contribution < -0.4 is 26.3 Å². The second-order valence-electron chi connectivity index (χ2n) is 15.8. The molecule has 57 heavy (non-hydrogen) atoms. The maximum atomic E-state index is 16.3. The third-order valence-corrected chi connectivity index (χ3v) is 11.4. The van der Waals surface area contributed by atoms with Crippen LogP contribution >= 0.6 is 12.4 Å². The monoisotopic (exact) mass is 794 g/mol. The van der Waals surface area contributed by atoms with Gasteiger partial charge in [-0.3, -0.25) is 19.7 Å². The number of carbonyl (C=O) groups is 1. The van der Waals surface area contributed by atoms with Gasteiger partial charge in [-0.15, -0.1) is 12.4 Å². The molecule has 2 aromatic carbocycles. The van der Waals surface area contributed by atoms with Gasteiger partial charge >= 0.3 is 6.09 Å². The van der Waals surface area contributed by atoms with Gasteiger partial charge in [0.05, 0.1) is 29.6 Å². The minimum absolute atomic E-state index is 0. The molecule has 1 unspecified atom stereocenters. The van der Waals surface area contributed by atoms with Crippen LogP contribution in [0.1, 0.15) is 72.6 Å². The summed E-state index contributed by atoms with van der Waals surface area (Å²) in [6.07, 6.45) is 10.4. The van der Waals surface area contributed by atoms with Crippen molar-refractivity contribution in [3.8, 4) is 0 Å². The molecule has 1 amide bonds. The summed E-state index contributed by atoms with van der Waals surface area (Å²) in [4.78, 5) is 42.9. The van der Waals surface area contributed by atoms with Gasteiger partial charge in [-0.25, -0.2) is 9.18 Å². The summed E-state index contributed by atoms with van der Waals surface area (Å²) >= 11 is 0. The number of anilines is 3. The van der Waals surface area contributed by atoms with E-state index < -0.39 is 18.0 Å². The number of carbonyl (C=O) groups excluding carboxylic acids is 1. The van der Waals surface area contributed by atoms with Gasteiger partial charge in [0.15, 0.2) is 5.43 Å². The number of hydrogen-bond donors (Lipinski definition) is 2. The van der Waals surface area contributed by atoms with Crippen molar-refractivity contribution < 1.29 is 13.9 Å². The van der Waals surface area contributed by atoms with E-state index >= 15 is 4.39 Å². The average Bonchev–Trinajstić information content (AvgIpc) is 4.05. The third kappa shape index (κ3) is 9.51. The first-order chi connectivity index (χ1) is 27.2. The number of benzene rings is 2. The van der Waals surface area contributed by atoms with Crippen molar-refractivity contribution in [1.29, 1.82) is 0 Å². The largest absolute Gasteiger partial charge is 0.444 e. The van der Waals surface area contributed by atoms with Crippen molar-refractivity contribution in [2.45, 2.75) is 90.2 Å². The van der Waals surface area contributed by atoms with Crippen LogP contribution in [0.5, 0.6) is 0 Å². The Hall–Kier alpha value is -5.20. The average molecular weight is 795 g/mol. The van der Waals surface area contributed by atoms with Crippen molar-refractivity contribution in [2.24, 2.45) is 0 Å². The fourth-order valence-electron chi connectivity index (χ4n) is 8.29. The Kier molecular flexibility index (Phi) is 12.3. The first kappa shape index (κ1) is 40.0. The summed E-state index contributed by atoms with van der Waals surface area (Å²) in [6.45, 7) is 8.20. The molecule has 1 aliphatic carbocycles. The maximum Gasteiger partial charge on any atom is 0.407 e. The fraction of sp³-hybridized carbons (Fsp3) is 0.409. The molecule has 300 valence electrons. The number of fused-ring (bicyclic) bond motifs is 1. The number of amides is 1. The van der Waals surface area contributed by atoms with Crippen LogP contribution in [-0.2, 0) is 24.4 Å². The summed E-state index contributed by atoms with van der Waals surface area (Å²) in [5, 5.41) is 3.21. The van der Waals surface area contributed by atoms with Crippen LogP contribution in [0.3, 0.4) is 0 Å². The predicted octanol–water partition coefficient (Wildman–Crippen LogP) is 7.45. The number of piperidine rings is 2. The number of nitrogens with two attached hydrogens (primary N) is 1. The number of aromatic nitrogens is 3. The van der Waals surface area contributed by atoms with E-state index in [4.69, 9.17) is 10.5 Å². The van der Waals surface area contributed by atoms with E-state index in [1.165, 1.54) is 6.07 Å². The Balaban J connectivity index is 0.00000496. The van der Waals surface area contributed by atoms with Crippen LogP contribution in [0.2, 0.25) is 0 Å². The molecule has 0 radical (unpaired) electrons. The van der Waals surface area contributed by atoms with E-state index in [0.29, 0.717) is 61.5 Å². The highest BCUT2D eigenvalue weighted by atomic mass is 35.5. The SMILES string of the molecule is Cc1ccc(N2CCC[C@H](N(Cc3ccnc(C)c3)Cc3cn(C4CC4)c4cc(N5CCCC(OC(=O)NCc6ccc(N)cc6)C5)c(F)cc4c3=O)C2)cn1.Cl. The van der Waals surface area contributed by atoms with Crippen LogP contribution in [0.4, 0.5) is 26.2 Å². The maximum absolute atomic E-state index is 16.3. The lowest BCUT2D eigenvalue weighted by Gasteiger charge is -2.40. The second-order valence-corrected chi connectivity index (χ2v) is 15.8. The molecule has 0 spiro atoms. The quantitative estimate of drug-likeness (QED) is 0.131. The number of nitrogen functional groups attached to an aromatic ring is 1. The zero-order valence-electron chi connectivity index (χ0n) is 32.7.